The van der Waals surface area contributed by atoms with Crippen LogP contribution in [-0.4, -0.2) is 53.6 Å². The standard InChI is InChI=1S/C50H63N4O5.Mg/c1-12-34-30(7)37-24-39-32(9)36(20-21-43(55)59-23-22-29(6)19-15-18-28(5)17-14-16-27(3)4)47(53-39)45-46(50(57)58-11)49(56)44-33(10)40(54-48(44)45)26-42-35(13-2)31(8)38(52-42)25-41(34)51-37;/h12,21-22,24-28,32,36,46H,1,13-20,23H2,2-11H3,(H2-,53,54,55,56);/q-3;+2/p-1/b29-22-,38-25-,39-24-,42-26-,43-21+;/t28-,32+,36+,46-;/m1./s1. The number of esters is 1. The molecule has 3 aromatic heterocycles. The third-order valence-corrected chi connectivity index (χ3v) is 12.7. The molecule has 5 heterocycles. The van der Waals surface area contributed by atoms with E-state index in [2.05, 4.69) is 55.0 Å². The molecule has 0 radical (unpaired) electrons. The Kier molecular flexibility index (Phi) is 15.5. The van der Waals surface area contributed by atoms with Gasteiger partial charge in [-0.25, -0.2) is 0 Å². The largest absolute Gasteiger partial charge is 2.00 e. The maximum atomic E-state index is 14.3. The Bertz CT molecular complexity index is 2360. The number of Topliss-reactive ketones (excluding diaryl/α,β-unsaturated/α-hetero) is 1. The Morgan fingerprint density at radius 2 is 1.63 bits per heavy atom. The second-order valence-electron chi connectivity index (χ2n) is 17.3. The van der Waals surface area contributed by atoms with Crippen molar-refractivity contribution in [3.8, 4) is 0 Å². The maximum Gasteiger partial charge on any atom is 2.00 e. The smallest absolute Gasteiger partial charge is 0.664 e. The molecular formula is C50H62MgN4O5-2. The number of nitrogens with zero attached hydrogens (tertiary/aromatic N) is 4. The molecule has 0 aromatic carbocycles. The van der Waals surface area contributed by atoms with Crippen LogP contribution in [0.1, 0.15) is 147 Å². The van der Waals surface area contributed by atoms with E-state index in [0.29, 0.717) is 40.2 Å². The van der Waals surface area contributed by atoms with E-state index in [-0.39, 0.29) is 53.2 Å². The van der Waals surface area contributed by atoms with Gasteiger partial charge in [0.05, 0.1) is 7.11 Å². The zero-order chi connectivity index (χ0) is 42.7. The minimum Gasteiger partial charge on any atom is -0.664 e. The minimum absolute atomic E-state index is 0. The Hall–Kier alpha value is -4.41. The summed E-state index contributed by atoms with van der Waals surface area (Å²) in [4.78, 5) is 43.1. The van der Waals surface area contributed by atoms with Crippen LogP contribution >= 0.6 is 0 Å². The summed E-state index contributed by atoms with van der Waals surface area (Å²) in [6, 6.07) is 0. The first-order valence-corrected chi connectivity index (χ1v) is 21.5. The third-order valence-electron chi connectivity index (χ3n) is 12.7. The first-order chi connectivity index (χ1) is 28.2. The van der Waals surface area contributed by atoms with Gasteiger partial charge in [-0.1, -0.05) is 125 Å². The van der Waals surface area contributed by atoms with Crippen LogP contribution in [0.5, 0.6) is 0 Å². The van der Waals surface area contributed by atoms with Crippen molar-refractivity contribution in [1.29, 1.82) is 0 Å². The number of carbonyl (C=O) groups excluding carboxylic acids is 2. The molecule has 3 aromatic rings. The molecule has 0 amide bonds. The number of aliphatic hydroxyl groups is 1. The summed E-state index contributed by atoms with van der Waals surface area (Å²) < 4.78 is 11.0. The number of hydrogen-bond acceptors (Lipinski definition) is 5. The topological polar surface area (TPSA) is 129 Å². The Labute approximate surface area is 372 Å². The van der Waals surface area contributed by atoms with Gasteiger partial charge < -0.3 is 34.8 Å². The number of allylic oxidation sites excluding steroid dienone is 4. The molecule has 0 unspecified atom stereocenters. The predicted octanol–water partition coefficient (Wildman–Crippen LogP) is 9.04. The van der Waals surface area contributed by atoms with Gasteiger partial charge in [0.25, 0.3) is 5.95 Å². The molecule has 6 rings (SSSR count). The minimum atomic E-state index is -1.22. The number of fused-ring (bicyclic) bond motifs is 7. The maximum absolute atomic E-state index is 14.3. The summed E-state index contributed by atoms with van der Waals surface area (Å²) in [5, 5.41) is 17.8. The quantitative estimate of drug-likeness (QED) is 0.0499. The fourth-order valence-electron chi connectivity index (χ4n) is 8.98. The Balaban J connectivity index is 0.00000683. The molecule has 4 atom stereocenters. The molecule has 0 saturated carbocycles. The van der Waals surface area contributed by atoms with Gasteiger partial charge in [0.15, 0.2) is 5.78 Å². The molecule has 1 fully saturated rings. The van der Waals surface area contributed by atoms with Crippen LogP contribution in [0.2, 0.25) is 0 Å². The van der Waals surface area contributed by atoms with Crippen molar-refractivity contribution < 1.29 is 24.2 Å². The summed E-state index contributed by atoms with van der Waals surface area (Å²) >= 11 is 0. The summed E-state index contributed by atoms with van der Waals surface area (Å²) in [5.41, 5.74) is 10.7. The van der Waals surface area contributed by atoms with E-state index in [0.717, 1.165) is 81.1 Å². The number of aliphatic hydroxyl groups excluding tert-OH is 1. The zero-order valence-electron chi connectivity index (χ0n) is 37.5. The molecule has 2 aliphatic heterocycles. The average molecular weight is 823 g/mol. The van der Waals surface area contributed by atoms with Crippen molar-refractivity contribution in [1.82, 2.24) is 15.0 Å². The molecule has 8 bridgehead atoms. The molecule has 0 spiro atoms. The number of carbonyl (C=O) groups is 2. The van der Waals surface area contributed by atoms with Gasteiger partial charge >= 0.3 is 29.0 Å². The van der Waals surface area contributed by atoms with Crippen LogP contribution in [0.25, 0.3) is 35.2 Å². The number of aromatic nitrogens is 3. The van der Waals surface area contributed by atoms with Gasteiger partial charge in [0.2, 0.25) is 0 Å². The number of ketones is 1. The molecular weight excluding hydrogens is 761 g/mol. The van der Waals surface area contributed by atoms with Crippen molar-refractivity contribution in [2.75, 3.05) is 13.7 Å². The number of methoxy groups -OCH3 is 1. The van der Waals surface area contributed by atoms with Crippen molar-refractivity contribution in [2.24, 2.45) is 29.6 Å². The van der Waals surface area contributed by atoms with E-state index in [4.69, 9.17) is 29.7 Å². The SMILES string of the molecule is C=Cc1c2[n-]c(c1C)/C=C1\[N-]/C(=C3\c4[n-]c(c(C)c4C(=O)[C@@H]3C(=O)OC)/C=c3\[n-]/c(c(C)c3CC)=C\2)[C@@H](C/C=C(\O)OC/C=C(/C)CCC[C@H](C)CCCC(C)C)[C@@H]1C.[Mg+2]. The first-order valence-electron chi connectivity index (χ1n) is 21.5. The Morgan fingerprint density at radius 3 is 2.32 bits per heavy atom. The summed E-state index contributed by atoms with van der Waals surface area (Å²) in [6.07, 6.45) is 19.8. The van der Waals surface area contributed by atoms with Crippen LogP contribution in [-0.2, 0) is 20.7 Å². The van der Waals surface area contributed by atoms with E-state index in [1.807, 2.05) is 44.2 Å². The molecule has 1 saturated heterocycles. The van der Waals surface area contributed by atoms with E-state index in [1.54, 1.807) is 6.08 Å². The van der Waals surface area contributed by atoms with Crippen LogP contribution < -0.4 is 25.7 Å². The van der Waals surface area contributed by atoms with Gasteiger partial charge in [-0.05, 0) is 94.8 Å². The number of rotatable bonds is 16. The number of ether oxygens (including phenoxy) is 2. The summed E-state index contributed by atoms with van der Waals surface area (Å²) in [6.45, 7) is 23.5. The van der Waals surface area contributed by atoms with Gasteiger partial charge in [-0.15, -0.1) is 33.5 Å². The van der Waals surface area contributed by atoms with Crippen molar-refractivity contribution in [2.45, 2.75) is 114 Å². The second-order valence-corrected chi connectivity index (χ2v) is 17.3. The van der Waals surface area contributed by atoms with Crippen molar-refractivity contribution in [3.05, 3.63) is 114 Å². The average Bonchev–Trinajstić information content (AvgIpc) is 3.94. The Morgan fingerprint density at radius 1 is 0.933 bits per heavy atom. The molecule has 9 nitrogen and oxygen atoms in total. The zero-order valence-corrected chi connectivity index (χ0v) is 38.9. The van der Waals surface area contributed by atoms with Gasteiger partial charge in [-0.3, -0.25) is 9.59 Å². The monoisotopic (exact) mass is 822 g/mol. The number of hydrogen-bond donors (Lipinski definition) is 1. The summed E-state index contributed by atoms with van der Waals surface area (Å²) in [7, 11) is 1.29. The predicted molar refractivity (Wildman–Crippen MR) is 243 cm³/mol. The normalized spacial score (nSPS) is 22.3. The first kappa shape index (κ1) is 46.6. The van der Waals surface area contributed by atoms with Gasteiger partial charge in [0, 0.05) is 5.56 Å². The van der Waals surface area contributed by atoms with E-state index < -0.39 is 11.9 Å². The molecule has 1 aliphatic carbocycles. The van der Waals surface area contributed by atoms with Crippen LogP contribution in [0.15, 0.2) is 41.6 Å². The van der Waals surface area contributed by atoms with Crippen LogP contribution in [0, 0.1) is 50.4 Å². The molecule has 60 heavy (non-hydrogen) atoms. The molecule has 3 aliphatic rings. The fourth-order valence-corrected chi connectivity index (χ4v) is 8.98. The van der Waals surface area contributed by atoms with Crippen LogP contribution in [0.3, 0.4) is 0 Å². The molecule has 10 heteroatoms. The van der Waals surface area contributed by atoms with Gasteiger partial charge in [-0.2, -0.15) is 11.4 Å². The molecule has 1 N–H and O–H groups in total. The van der Waals surface area contributed by atoms with E-state index >= 15 is 0 Å². The van der Waals surface area contributed by atoms with Crippen molar-refractivity contribution >= 4 is 64.7 Å². The van der Waals surface area contributed by atoms with Gasteiger partial charge in [0.1, 0.15) is 12.5 Å². The second kappa shape index (κ2) is 20.0. The van der Waals surface area contributed by atoms with Crippen LogP contribution in [0.4, 0.5) is 0 Å². The van der Waals surface area contributed by atoms with E-state index in [9.17, 15) is 14.7 Å². The third kappa shape index (κ3) is 9.55. The van der Waals surface area contributed by atoms with Crippen molar-refractivity contribution in [3.63, 3.8) is 0 Å². The molecule has 316 valence electrons. The summed E-state index contributed by atoms with van der Waals surface area (Å²) in [5.74, 6) is -1.44. The van der Waals surface area contributed by atoms with E-state index in [1.165, 1.54) is 38.4 Å². The fraction of sp³-hybridized carbons (Fsp3) is 0.480.